The van der Waals surface area contributed by atoms with Gasteiger partial charge in [0.2, 0.25) is 0 Å². The van der Waals surface area contributed by atoms with E-state index < -0.39 is 0 Å². The van der Waals surface area contributed by atoms with Gasteiger partial charge in [0, 0.05) is 0 Å². The molecule has 5 heteroatoms. The van der Waals surface area contributed by atoms with E-state index in [9.17, 15) is 4.79 Å². The third kappa shape index (κ3) is 3.36. The first-order chi connectivity index (χ1) is 8.56. The smallest absolute Gasteiger partial charge is 0.195 e. The summed E-state index contributed by atoms with van der Waals surface area (Å²) in [6.07, 6.45) is 3.18. The fraction of sp³-hybridized carbons (Fsp3) is 0. The van der Waals surface area contributed by atoms with Crippen LogP contribution in [-0.4, -0.2) is 5.78 Å². The molecule has 0 atom stereocenters. The molecule has 18 heavy (non-hydrogen) atoms. The fourth-order valence-corrected chi connectivity index (χ4v) is 2.59. The molecule has 0 radical (unpaired) electrons. The lowest BCUT2D eigenvalue weighted by molar-refractivity contribution is 0.105. The van der Waals surface area contributed by atoms with E-state index in [1.807, 2.05) is 0 Å². The predicted molar refractivity (Wildman–Crippen MR) is 79.2 cm³/mol. The highest BCUT2D eigenvalue weighted by Gasteiger charge is 2.05. The van der Waals surface area contributed by atoms with Gasteiger partial charge in [0.1, 0.15) is 0 Å². The lowest BCUT2D eigenvalue weighted by atomic mass is 10.2. The number of hydrogen-bond donors (Lipinski definition) is 0. The summed E-state index contributed by atoms with van der Waals surface area (Å²) in [5.41, 5.74) is 0.820. The van der Waals surface area contributed by atoms with Gasteiger partial charge in [-0.25, -0.2) is 0 Å². The molecule has 1 aromatic heterocycles. The molecule has 2 rings (SSSR count). The zero-order valence-electron chi connectivity index (χ0n) is 8.99. The molecule has 0 saturated carbocycles. The largest absolute Gasteiger partial charge is 0.288 e. The second-order valence-corrected chi connectivity index (χ2v) is 6.00. The van der Waals surface area contributed by atoms with Crippen LogP contribution in [0.2, 0.25) is 14.4 Å². The van der Waals surface area contributed by atoms with Gasteiger partial charge in [-0.2, -0.15) is 0 Å². The van der Waals surface area contributed by atoms with Gasteiger partial charge < -0.3 is 0 Å². The number of halogens is 3. The lowest BCUT2D eigenvalue weighted by Gasteiger charge is -1.97. The molecule has 1 nitrogen and oxygen atoms in total. The minimum atomic E-state index is -0.0852. The molecular formula is C13H7Cl3OS. The zero-order chi connectivity index (χ0) is 13.1. The number of carbonyl (C=O) groups is 1. The van der Waals surface area contributed by atoms with E-state index in [0.29, 0.717) is 19.3 Å². The summed E-state index contributed by atoms with van der Waals surface area (Å²) in [4.78, 5) is 12.4. The highest BCUT2D eigenvalue weighted by molar-refractivity contribution is 7.18. The molecule has 92 valence electrons. The van der Waals surface area contributed by atoms with E-state index in [4.69, 9.17) is 34.8 Å². The Bertz CT molecular complexity index is 616. The number of hydrogen-bond acceptors (Lipinski definition) is 2. The predicted octanol–water partition coefficient (Wildman–Crippen LogP) is 5.60. The van der Waals surface area contributed by atoms with Gasteiger partial charge >= 0.3 is 0 Å². The van der Waals surface area contributed by atoms with Crippen molar-refractivity contribution in [2.75, 3.05) is 0 Å². The van der Waals surface area contributed by atoms with Gasteiger partial charge in [0.25, 0.3) is 0 Å². The number of carbonyl (C=O) groups excluding carboxylic acids is 1. The lowest BCUT2D eigenvalue weighted by Crippen LogP contribution is -1.88. The van der Waals surface area contributed by atoms with E-state index in [0.717, 1.165) is 5.56 Å². The molecule has 2 aromatic rings. The van der Waals surface area contributed by atoms with Crippen LogP contribution in [0.4, 0.5) is 0 Å². The molecule has 1 heterocycles. The van der Waals surface area contributed by atoms with Crippen LogP contribution in [0, 0.1) is 0 Å². The van der Waals surface area contributed by atoms with Gasteiger partial charge in [0.15, 0.2) is 5.78 Å². The molecule has 0 aliphatic heterocycles. The Labute approximate surface area is 124 Å². The SMILES string of the molecule is O=C(/C=C/c1ccc(Cl)c(Cl)c1)c1ccc(Cl)s1. The molecule has 1 aromatic carbocycles. The quantitative estimate of drug-likeness (QED) is 0.531. The van der Waals surface area contributed by atoms with E-state index in [1.165, 1.54) is 17.4 Å². The second-order valence-electron chi connectivity index (χ2n) is 3.47. The molecule has 0 amide bonds. The van der Waals surface area contributed by atoms with Crippen molar-refractivity contribution in [3.8, 4) is 0 Å². The summed E-state index contributed by atoms with van der Waals surface area (Å²) in [7, 11) is 0. The Morgan fingerprint density at radius 1 is 1.06 bits per heavy atom. The van der Waals surface area contributed by atoms with Crippen LogP contribution >= 0.6 is 46.1 Å². The molecule has 0 spiro atoms. The van der Waals surface area contributed by atoms with Crippen molar-refractivity contribution in [3.05, 3.63) is 61.2 Å². The van der Waals surface area contributed by atoms with Crippen LogP contribution in [0.1, 0.15) is 15.2 Å². The van der Waals surface area contributed by atoms with Crippen LogP contribution in [-0.2, 0) is 0 Å². The normalized spacial score (nSPS) is 11.1. The Kier molecular flexibility index (Phi) is 4.46. The third-order valence-corrected chi connectivity index (χ3v) is 4.17. The van der Waals surface area contributed by atoms with Crippen LogP contribution in [0.25, 0.3) is 6.08 Å². The van der Waals surface area contributed by atoms with Crippen molar-refractivity contribution in [2.24, 2.45) is 0 Å². The van der Waals surface area contributed by atoms with Crippen LogP contribution in [0.3, 0.4) is 0 Å². The highest BCUT2D eigenvalue weighted by atomic mass is 35.5. The van der Waals surface area contributed by atoms with Gasteiger partial charge in [-0.3, -0.25) is 4.79 Å². The molecule has 0 aliphatic rings. The van der Waals surface area contributed by atoms with Crippen molar-refractivity contribution in [3.63, 3.8) is 0 Å². The Hall–Kier alpha value is -0.800. The number of rotatable bonds is 3. The number of thiophene rings is 1. The minimum absolute atomic E-state index is 0.0852. The Morgan fingerprint density at radius 3 is 2.44 bits per heavy atom. The summed E-state index contributed by atoms with van der Waals surface area (Å²) >= 11 is 18.7. The van der Waals surface area contributed by atoms with Crippen molar-refractivity contribution in [2.45, 2.75) is 0 Å². The van der Waals surface area contributed by atoms with Gasteiger partial charge in [0.05, 0.1) is 19.3 Å². The molecule has 0 saturated heterocycles. The van der Waals surface area contributed by atoms with Gasteiger partial charge in [-0.1, -0.05) is 46.9 Å². The second kappa shape index (κ2) is 5.89. The first-order valence-electron chi connectivity index (χ1n) is 4.99. The zero-order valence-corrected chi connectivity index (χ0v) is 12.1. The van der Waals surface area contributed by atoms with Gasteiger partial charge in [-0.05, 0) is 35.9 Å². The summed E-state index contributed by atoms with van der Waals surface area (Å²) in [6, 6.07) is 8.59. The first kappa shape index (κ1) is 13.6. The van der Waals surface area contributed by atoms with E-state index in [-0.39, 0.29) is 5.78 Å². The summed E-state index contributed by atoms with van der Waals surface area (Å²) < 4.78 is 0.598. The Morgan fingerprint density at radius 2 is 1.83 bits per heavy atom. The van der Waals surface area contributed by atoms with E-state index >= 15 is 0 Å². The molecule has 0 fully saturated rings. The summed E-state index contributed by atoms with van der Waals surface area (Å²) in [5.74, 6) is -0.0852. The molecule has 0 aliphatic carbocycles. The van der Waals surface area contributed by atoms with Gasteiger partial charge in [-0.15, -0.1) is 11.3 Å². The molecule has 0 N–H and O–H groups in total. The molecule has 0 unspecified atom stereocenters. The van der Waals surface area contributed by atoms with Crippen molar-refractivity contribution in [1.29, 1.82) is 0 Å². The van der Waals surface area contributed by atoms with Crippen molar-refractivity contribution in [1.82, 2.24) is 0 Å². The molecule has 0 bridgehead atoms. The summed E-state index contributed by atoms with van der Waals surface area (Å²) in [5, 5.41) is 0.954. The molecular weight excluding hydrogens is 311 g/mol. The minimum Gasteiger partial charge on any atom is -0.288 e. The van der Waals surface area contributed by atoms with Crippen LogP contribution in [0.5, 0.6) is 0 Å². The van der Waals surface area contributed by atoms with Crippen molar-refractivity contribution >= 4 is 58.0 Å². The maximum Gasteiger partial charge on any atom is 0.195 e. The van der Waals surface area contributed by atoms with Crippen molar-refractivity contribution < 1.29 is 4.79 Å². The van der Waals surface area contributed by atoms with E-state index in [1.54, 1.807) is 36.4 Å². The number of allylic oxidation sites excluding steroid dienone is 1. The number of ketones is 1. The monoisotopic (exact) mass is 316 g/mol. The first-order valence-corrected chi connectivity index (χ1v) is 6.94. The van der Waals surface area contributed by atoms with E-state index in [2.05, 4.69) is 0 Å². The average molecular weight is 318 g/mol. The Balaban J connectivity index is 2.15. The highest BCUT2D eigenvalue weighted by Crippen LogP contribution is 2.24. The summed E-state index contributed by atoms with van der Waals surface area (Å²) in [6.45, 7) is 0. The van der Waals surface area contributed by atoms with Crippen LogP contribution in [0.15, 0.2) is 36.4 Å². The topological polar surface area (TPSA) is 17.1 Å². The number of benzene rings is 1. The average Bonchev–Trinajstić information content (AvgIpc) is 2.77. The standard InChI is InChI=1S/C13H7Cl3OS/c14-9-3-1-8(7-10(9)15)2-4-11(17)12-5-6-13(16)18-12/h1-7H/b4-2+. The fourth-order valence-electron chi connectivity index (χ4n) is 1.32. The maximum atomic E-state index is 11.8. The maximum absolute atomic E-state index is 11.8. The van der Waals surface area contributed by atoms with Crippen LogP contribution < -0.4 is 0 Å². The third-order valence-electron chi connectivity index (χ3n) is 2.19.